The summed E-state index contributed by atoms with van der Waals surface area (Å²) in [6.07, 6.45) is 0. The number of aliphatic carboxylic acids is 1. The zero-order chi connectivity index (χ0) is 13.7. The summed E-state index contributed by atoms with van der Waals surface area (Å²) < 4.78 is 4.88. The van der Waals surface area contributed by atoms with Crippen LogP contribution in [-0.2, 0) is 14.3 Å². The summed E-state index contributed by atoms with van der Waals surface area (Å²) in [5.41, 5.74) is 1.12. The zero-order valence-electron chi connectivity index (χ0n) is 10.2. The van der Waals surface area contributed by atoms with E-state index in [4.69, 9.17) is 9.84 Å². The fraction of sp³-hybridized carbons (Fsp3) is 0.231. The van der Waals surface area contributed by atoms with Gasteiger partial charge in [0, 0.05) is 0 Å². The number of thiophene rings is 1. The lowest BCUT2D eigenvalue weighted by atomic mass is 9.98. The summed E-state index contributed by atoms with van der Waals surface area (Å²) in [6, 6.07) is 1.81. The van der Waals surface area contributed by atoms with E-state index in [0.717, 1.165) is 5.56 Å². The molecule has 0 saturated carbocycles. The first-order valence-corrected chi connectivity index (χ1v) is 6.26. The van der Waals surface area contributed by atoms with Crippen LogP contribution in [0.4, 0.5) is 0 Å². The van der Waals surface area contributed by atoms with Crippen LogP contribution >= 0.6 is 11.3 Å². The second-order valence-corrected chi connectivity index (χ2v) is 4.30. The standard InChI is InChI=1S/C13H14O4S/c1-4-17-13(16)11(9(3)12(14)15)8(2)10-5-6-18-7-10/h5-7H,3-4H2,1-2H3,(H,14,15)/b11-8-. The smallest absolute Gasteiger partial charge is 0.339 e. The van der Waals surface area contributed by atoms with E-state index in [0.29, 0.717) is 5.57 Å². The number of esters is 1. The summed E-state index contributed by atoms with van der Waals surface area (Å²) in [5, 5.41) is 12.7. The predicted octanol–water partition coefficient (Wildman–Crippen LogP) is 2.73. The van der Waals surface area contributed by atoms with Crippen LogP contribution in [0.1, 0.15) is 19.4 Å². The molecule has 0 unspecified atom stereocenters. The first kappa shape index (κ1) is 14.2. The molecule has 0 amide bonds. The van der Waals surface area contributed by atoms with Gasteiger partial charge in [0.2, 0.25) is 0 Å². The van der Waals surface area contributed by atoms with E-state index >= 15 is 0 Å². The number of hydrogen-bond donors (Lipinski definition) is 1. The summed E-state index contributed by atoms with van der Waals surface area (Å²) in [7, 11) is 0. The number of carboxylic acids is 1. The Kier molecular flexibility index (Phi) is 4.85. The van der Waals surface area contributed by atoms with Crippen molar-refractivity contribution in [3.8, 4) is 0 Å². The monoisotopic (exact) mass is 266 g/mol. The van der Waals surface area contributed by atoms with Gasteiger partial charge in [-0.3, -0.25) is 0 Å². The molecule has 96 valence electrons. The molecule has 0 spiro atoms. The topological polar surface area (TPSA) is 63.6 Å². The van der Waals surface area contributed by atoms with Gasteiger partial charge in [0.05, 0.1) is 17.8 Å². The van der Waals surface area contributed by atoms with Crippen LogP contribution in [0.2, 0.25) is 0 Å². The predicted molar refractivity (Wildman–Crippen MR) is 70.3 cm³/mol. The highest BCUT2D eigenvalue weighted by atomic mass is 32.1. The van der Waals surface area contributed by atoms with E-state index in [1.165, 1.54) is 11.3 Å². The number of carbonyl (C=O) groups is 2. The van der Waals surface area contributed by atoms with Gasteiger partial charge in [0.25, 0.3) is 0 Å². The Hall–Kier alpha value is -1.88. The highest BCUT2D eigenvalue weighted by Crippen LogP contribution is 2.25. The number of rotatable bonds is 5. The van der Waals surface area contributed by atoms with Gasteiger partial charge in [-0.1, -0.05) is 6.58 Å². The molecule has 0 aliphatic heterocycles. The Morgan fingerprint density at radius 2 is 2.17 bits per heavy atom. The van der Waals surface area contributed by atoms with E-state index in [1.54, 1.807) is 13.8 Å². The largest absolute Gasteiger partial charge is 0.478 e. The van der Waals surface area contributed by atoms with E-state index in [2.05, 4.69) is 6.58 Å². The van der Waals surface area contributed by atoms with Crippen LogP contribution in [0.3, 0.4) is 0 Å². The molecule has 0 bridgehead atoms. The lowest BCUT2D eigenvalue weighted by Gasteiger charge is -2.10. The second kappa shape index (κ2) is 6.16. The quantitative estimate of drug-likeness (QED) is 0.505. The van der Waals surface area contributed by atoms with Crippen LogP contribution in [0.5, 0.6) is 0 Å². The summed E-state index contributed by atoms with van der Waals surface area (Å²) in [4.78, 5) is 22.8. The maximum absolute atomic E-state index is 11.8. The molecule has 1 aromatic heterocycles. The molecule has 0 radical (unpaired) electrons. The summed E-state index contributed by atoms with van der Waals surface area (Å²) >= 11 is 1.47. The second-order valence-electron chi connectivity index (χ2n) is 3.52. The average Bonchev–Trinajstić information content (AvgIpc) is 2.82. The van der Waals surface area contributed by atoms with Crippen molar-refractivity contribution in [1.82, 2.24) is 0 Å². The maximum Gasteiger partial charge on any atom is 0.339 e. The van der Waals surface area contributed by atoms with Gasteiger partial charge in [-0.25, -0.2) is 9.59 Å². The third-order valence-corrected chi connectivity index (χ3v) is 3.05. The highest BCUT2D eigenvalue weighted by Gasteiger charge is 2.22. The summed E-state index contributed by atoms with van der Waals surface area (Å²) in [5.74, 6) is -1.89. The van der Waals surface area contributed by atoms with Crippen molar-refractivity contribution in [2.75, 3.05) is 6.61 Å². The Labute approximate surface area is 109 Å². The molecule has 0 fully saturated rings. The minimum atomic E-state index is -1.23. The molecule has 0 aliphatic carbocycles. The minimum Gasteiger partial charge on any atom is -0.478 e. The maximum atomic E-state index is 11.8. The lowest BCUT2D eigenvalue weighted by molar-refractivity contribution is -0.140. The van der Waals surface area contributed by atoms with Crippen molar-refractivity contribution in [3.63, 3.8) is 0 Å². The molecule has 1 rings (SSSR count). The number of carboxylic acid groups (broad SMARTS) is 1. The normalized spacial score (nSPS) is 11.7. The van der Waals surface area contributed by atoms with Crippen LogP contribution in [0.25, 0.3) is 5.57 Å². The van der Waals surface area contributed by atoms with Crippen LogP contribution in [0, 0.1) is 0 Å². The van der Waals surface area contributed by atoms with Crippen molar-refractivity contribution < 1.29 is 19.4 Å². The van der Waals surface area contributed by atoms with E-state index in [9.17, 15) is 9.59 Å². The Morgan fingerprint density at radius 1 is 1.50 bits per heavy atom. The van der Waals surface area contributed by atoms with Crippen molar-refractivity contribution in [2.45, 2.75) is 13.8 Å². The number of carbonyl (C=O) groups excluding carboxylic acids is 1. The molecule has 0 aliphatic rings. The lowest BCUT2D eigenvalue weighted by Crippen LogP contribution is -2.15. The van der Waals surface area contributed by atoms with Gasteiger partial charge in [0.15, 0.2) is 0 Å². The zero-order valence-corrected chi connectivity index (χ0v) is 11.0. The number of allylic oxidation sites excluding steroid dienone is 1. The van der Waals surface area contributed by atoms with Gasteiger partial charge in [-0.15, -0.1) is 0 Å². The minimum absolute atomic E-state index is 0.0164. The Balaban J connectivity index is 3.27. The summed E-state index contributed by atoms with van der Waals surface area (Å²) in [6.45, 7) is 6.97. The molecular weight excluding hydrogens is 252 g/mol. The molecule has 0 atom stereocenters. The van der Waals surface area contributed by atoms with Crippen LogP contribution in [-0.4, -0.2) is 23.7 Å². The van der Waals surface area contributed by atoms with Gasteiger partial charge in [0.1, 0.15) is 0 Å². The van der Waals surface area contributed by atoms with Crippen molar-refractivity contribution in [2.24, 2.45) is 0 Å². The first-order valence-electron chi connectivity index (χ1n) is 5.32. The fourth-order valence-corrected chi connectivity index (χ4v) is 2.14. The molecule has 4 nitrogen and oxygen atoms in total. The van der Waals surface area contributed by atoms with Gasteiger partial charge < -0.3 is 9.84 Å². The van der Waals surface area contributed by atoms with Crippen molar-refractivity contribution in [3.05, 3.63) is 40.1 Å². The highest BCUT2D eigenvalue weighted by molar-refractivity contribution is 7.08. The van der Waals surface area contributed by atoms with Crippen molar-refractivity contribution in [1.29, 1.82) is 0 Å². The van der Waals surface area contributed by atoms with E-state index in [-0.39, 0.29) is 17.8 Å². The fourth-order valence-electron chi connectivity index (χ4n) is 1.44. The molecule has 0 saturated heterocycles. The average molecular weight is 266 g/mol. The van der Waals surface area contributed by atoms with Gasteiger partial charge in [-0.2, -0.15) is 11.3 Å². The SMILES string of the molecule is C=C(C(=O)O)/C(C(=O)OCC)=C(\C)c1ccsc1. The van der Waals surface area contributed by atoms with Gasteiger partial charge >= 0.3 is 11.9 Å². The third kappa shape index (κ3) is 3.07. The molecule has 1 aromatic rings. The Bertz CT molecular complexity index is 497. The third-order valence-electron chi connectivity index (χ3n) is 2.37. The Morgan fingerprint density at radius 3 is 2.61 bits per heavy atom. The first-order chi connectivity index (χ1) is 8.49. The van der Waals surface area contributed by atoms with Crippen LogP contribution in [0.15, 0.2) is 34.6 Å². The molecule has 0 aromatic carbocycles. The number of ether oxygens (including phenoxy) is 1. The van der Waals surface area contributed by atoms with Crippen molar-refractivity contribution >= 4 is 28.8 Å². The van der Waals surface area contributed by atoms with Crippen LogP contribution < -0.4 is 0 Å². The molecule has 1 heterocycles. The molecular formula is C13H14O4S. The van der Waals surface area contributed by atoms with E-state index in [1.807, 2.05) is 16.8 Å². The molecule has 1 N–H and O–H groups in total. The molecule has 5 heteroatoms. The molecule has 18 heavy (non-hydrogen) atoms. The van der Waals surface area contributed by atoms with Gasteiger partial charge in [-0.05, 0) is 41.8 Å². The van der Waals surface area contributed by atoms with E-state index < -0.39 is 11.9 Å². The number of hydrogen-bond acceptors (Lipinski definition) is 4.